The lowest BCUT2D eigenvalue weighted by Crippen LogP contribution is -2.20. The molecule has 0 radical (unpaired) electrons. The highest BCUT2D eigenvalue weighted by molar-refractivity contribution is 7.99. The minimum atomic E-state index is -4.87. The van der Waals surface area contributed by atoms with E-state index in [0.717, 1.165) is 17.8 Å². The van der Waals surface area contributed by atoms with E-state index in [9.17, 15) is 18.0 Å². The Morgan fingerprint density at radius 1 is 1.15 bits per heavy atom. The molecule has 3 aromatic rings. The van der Waals surface area contributed by atoms with E-state index >= 15 is 0 Å². The van der Waals surface area contributed by atoms with E-state index in [1.54, 1.807) is 35.8 Å². The van der Waals surface area contributed by atoms with Gasteiger partial charge in [0.1, 0.15) is 5.75 Å². The summed E-state index contributed by atoms with van der Waals surface area (Å²) in [6.07, 6.45) is -5.33. The first-order chi connectivity index (χ1) is 15.7. The summed E-state index contributed by atoms with van der Waals surface area (Å²) in [5.74, 6) is -0.0632. The van der Waals surface area contributed by atoms with E-state index in [4.69, 9.17) is 16.3 Å². The van der Waals surface area contributed by atoms with Crippen LogP contribution in [0.5, 0.6) is 11.5 Å². The van der Waals surface area contributed by atoms with Crippen LogP contribution in [0.4, 0.5) is 18.9 Å². The summed E-state index contributed by atoms with van der Waals surface area (Å²) < 4.78 is 49.3. The molecule has 176 valence electrons. The first-order valence-corrected chi connectivity index (χ1v) is 11.2. The number of hydrogen-bond acceptors (Lipinski definition) is 6. The molecule has 1 N–H and O–H groups in total. The van der Waals surface area contributed by atoms with Crippen LogP contribution in [0.25, 0.3) is 0 Å². The average Bonchev–Trinajstić information content (AvgIpc) is 3.17. The van der Waals surface area contributed by atoms with Gasteiger partial charge in [-0.3, -0.25) is 4.79 Å². The Hall–Kier alpha value is -2.92. The predicted octanol–water partition coefficient (Wildman–Crippen LogP) is 5.72. The molecule has 2 aromatic carbocycles. The maximum Gasteiger partial charge on any atom is 0.573 e. The Kier molecular flexibility index (Phi) is 8.09. The molecular weight excluding hydrogens is 481 g/mol. The molecule has 1 aromatic heterocycles. The van der Waals surface area contributed by atoms with E-state index in [1.807, 2.05) is 6.92 Å². The van der Waals surface area contributed by atoms with Gasteiger partial charge in [0.05, 0.1) is 16.5 Å². The number of rotatable bonds is 9. The molecule has 33 heavy (non-hydrogen) atoms. The predicted molar refractivity (Wildman–Crippen MR) is 119 cm³/mol. The SMILES string of the molecule is CCn1c(SCC(=O)Nc2ccccc2OC(F)(F)F)nnc1C(C)Oc1ccccc1Cl. The van der Waals surface area contributed by atoms with Crippen LogP contribution in [-0.2, 0) is 11.3 Å². The zero-order chi connectivity index (χ0) is 24.0. The van der Waals surface area contributed by atoms with Gasteiger partial charge in [-0.25, -0.2) is 0 Å². The van der Waals surface area contributed by atoms with Crippen molar-refractivity contribution in [2.75, 3.05) is 11.1 Å². The van der Waals surface area contributed by atoms with Crippen LogP contribution >= 0.6 is 23.4 Å². The van der Waals surface area contributed by atoms with E-state index in [0.29, 0.717) is 28.3 Å². The maximum absolute atomic E-state index is 12.6. The van der Waals surface area contributed by atoms with Gasteiger partial charge in [-0.15, -0.1) is 23.4 Å². The second-order valence-corrected chi connectivity index (χ2v) is 8.01. The largest absolute Gasteiger partial charge is 0.573 e. The molecule has 0 aliphatic rings. The fourth-order valence-electron chi connectivity index (χ4n) is 2.89. The van der Waals surface area contributed by atoms with Crippen LogP contribution in [-0.4, -0.2) is 32.8 Å². The molecule has 0 aliphatic heterocycles. The van der Waals surface area contributed by atoms with Crippen molar-refractivity contribution >= 4 is 35.0 Å². The van der Waals surface area contributed by atoms with E-state index in [-0.39, 0.29) is 11.4 Å². The van der Waals surface area contributed by atoms with Crippen molar-refractivity contribution in [1.82, 2.24) is 14.8 Å². The van der Waals surface area contributed by atoms with Gasteiger partial charge in [-0.2, -0.15) is 0 Å². The van der Waals surface area contributed by atoms with Crippen molar-refractivity contribution < 1.29 is 27.4 Å². The summed E-state index contributed by atoms with van der Waals surface area (Å²) >= 11 is 7.24. The van der Waals surface area contributed by atoms with Gasteiger partial charge >= 0.3 is 6.36 Å². The number of alkyl halides is 3. The molecule has 1 atom stereocenters. The third-order valence-corrected chi connectivity index (χ3v) is 5.56. The summed E-state index contributed by atoms with van der Waals surface area (Å²) in [4.78, 5) is 12.4. The molecule has 1 unspecified atom stereocenters. The lowest BCUT2D eigenvalue weighted by atomic mass is 10.3. The summed E-state index contributed by atoms with van der Waals surface area (Å²) in [6.45, 7) is 4.22. The standard InChI is InChI=1S/C21H20ClF3N4O3S/c1-3-29-19(13(2)31-16-10-6-4-8-14(16)22)27-28-20(29)33-12-18(30)26-15-9-5-7-11-17(15)32-21(23,24)25/h4-11,13H,3,12H2,1-2H3,(H,26,30). The number of thioether (sulfide) groups is 1. The number of aromatic nitrogens is 3. The fourth-order valence-corrected chi connectivity index (χ4v) is 3.88. The Bertz CT molecular complexity index is 1110. The lowest BCUT2D eigenvalue weighted by molar-refractivity contribution is -0.274. The number of hydrogen-bond donors (Lipinski definition) is 1. The zero-order valence-electron chi connectivity index (χ0n) is 17.6. The van der Waals surface area contributed by atoms with Crippen molar-refractivity contribution in [2.45, 2.75) is 38.0 Å². The van der Waals surface area contributed by atoms with Crippen LogP contribution in [0.3, 0.4) is 0 Å². The quantitative estimate of drug-likeness (QED) is 0.378. The number of benzene rings is 2. The number of ether oxygens (including phenoxy) is 2. The number of amides is 1. The minimum Gasteiger partial charge on any atom is -0.481 e. The zero-order valence-corrected chi connectivity index (χ0v) is 19.2. The Labute approximate surface area is 197 Å². The maximum atomic E-state index is 12.6. The molecular formula is C21H20ClF3N4O3S. The first-order valence-electron chi connectivity index (χ1n) is 9.79. The number of halogens is 4. The normalized spacial score (nSPS) is 12.3. The van der Waals surface area contributed by atoms with Crippen molar-refractivity contribution in [1.29, 1.82) is 0 Å². The Balaban J connectivity index is 1.65. The van der Waals surface area contributed by atoms with Crippen LogP contribution in [0.15, 0.2) is 53.7 Å². The topological polar surface area (TPSA) is 78.3 Å². The highest BCUT2D eigenvalue weighted by Crippen LogP contribution is 2.31. The number of nitrogens with zero attached hydrogens (tertiary/aromatic N) is 3. The monoisotopic (exact) mass is 500 g/mol. The highest BCUT2D eigenvalue weighted by atomic mass is 35.5. The van der Waals surface area contributed by atoms with E-state index < -0.39 is 24.1 Å². The molecule has 0 bridgehead atoms. The Morgan fingerprint density at radius 3 is 2.48 bits per heavy atom. The molecule has 0 saturated heterocycles. The van der Waals surface area contributed by atoms with Crippen LogP contribution in [0, 0.1) is 0 Å². The molecule has 7 nitrogen and oxygen atoms in total. The van der Waals surface area contributed by atoms with Crippen LogP contribution < -0.4 is 14.8 Å². The summed E-state index contributed by atoms with van der Waals surface area (Å²) in [5, 5.41) is 11.7. The van der Waals surface area contributed by atoms with Crippen molar-refractivity contribution in [3.63, 3.8) is 0 Å². The van der Waals surface area contributed by atoms with Gasteiger partial charge in [-0.1, -0.05) is 47.6 Å². The van der Waals surface area contributed by atoms with Crippen LogP contribution in [0.2, 0.25) is 5.02 Å². The molecule has 0 saturated carbocycles. The van der Waals surface area contributed by atoms with Gasteiger partial charge < -0.3 is 19.4 Å². The summed E-state index contributed by atoms with van der Waals surface area (Å²) in [6, 6.07) is 12.4. The van der Waals surface area contributed by atoms with E-state index in [1.165, 1.54) is 18.2 Å². The molecule has 12 heteroatoms. The average molecular weight is 501 g/mol. The third kappa shape index (κ3) is 6.78. The van der Waals surface area contributed by atoms with Gasteiger partial charge in [0.25, 0.3) is 0 Å². The lowest BCUT2D eigenvalue weighted by Gasteiger charge is -2.16. The fraction of sp³-hybridized carbons (Fsp3) is 0.286. The summed E-state index contributed by atoms with van der Waals surface area (Å²) in [5.41, 5.74) is -0.0835. The van der Waals surface area contributed by atoms with Gasteiger partial charge in [0, 0.05) is 6.54 Å². The molecule has 0 aliphatic carbocycles. The van der Waals surface area contributed by atoms with Gasteiger partial charge in [0.2, 0.25) is 5.91 Å². The second-order valence-electron chi connectivity index (χ2n) is 6.66. The van der Waals surface area contributed by atoms with Crippen molar-refractivity contribution in [3.8, 4) is 11.5 Å². The number of carbonyl (C=O) groups excluding carboxylic acids is 1. The second kappa shape index (κ2) is 10.8. The minimum absolute atomic E-state index is 0.0835. The molecule has 1 heterocycles. The number of anilines is 1. The van der Waals surface area contributed by atoms with Crippen LogP contribution in [0.1, 0.15) is 25.8 Å². The van der Waals surface area contributed by atoms with E-state index in [2.05, 4.69) is 20.3 Å². The number of carbonyl (C=O) groups is 1. The number of para-hydroxylation sites is 3. The highest BCUT2D eigenvalue weighted by Gasteiger charge is 2.32. The van der Waals surface area contributed by atoms with Gasteiger partial charge in [0.15, 0.2) is 22.8 Å². The molecule has 3 rings (SSSR count). The van der Waals surface area contributed by atoms with Crippen molar-refractivity contribution in [3.05, 3.63) is 59.4 Å². The molecule has 0 spiro atoms. The molecule has 0 fully saturated rings. The number of nitrogens with one attached hydrogen (secondary N) is 1. The molecule has 1 amide bonds. The Morgan fingerprint density at radius 2 is 1.82 bits per heavy atom. The first kappa shape index (κ1) is 24.7. The van der Waals surface area contributed by atoms with Crippen molar-refractivity contribution in [2.24, 2.45) is 0 Å². The van der Waals surface area contributed by atoms with Gasteiger partial charge in [-0.05, 0) is 38.1 Å². The summed E-state index contributed by atoms with van der Waals surface area (Å²) in [7, 11) is 0. The third-order valence-electron chi connectivity index (χ3n) is 4.28. The smallest absolute Gasteiger partial charge is 0.481 e.